The van der Waals surface area contributed by atoms with Crippen LogP contribution in [0.15, 0.2) is 12.5 Å². The fourth-order valence-corrected chi connectivity index (χ4v) is 0.849. The van der Waals surface area contributed by atoms with Gasteiger partial charge in [0.1, 0.15) is 6.33 Å². The van der Waals surface area contributed by atoms with Crippen molar-refractivity contribution in [3.8, 4) is 0 Å². The molecule has 0 saturated heterocycles. The number of hydrogen-bond acceptors (Lipinski definition) is 4. The molecule has 12 heavy (non-hydrogen) atoms. The molecule has 0 N–H and O–H groups in total. The summed E-state index contributed by atoms with van der Waals surface area (Å²) in [5.74, 6) is -0.365. The number of carbonyl (C=O) groups excluding carboxylic acids is 1. The maximum atomic E-state index is 10.8. The van der Waals surface area contributed by atoms with Crippen LogP contribution in [-0.4, -0.2) is 23.0 Å². The Balaban J connectivity index is 2.75. The van der Waals surface area contributed by atoms with Gasteiger partial charge in [0.15, 0.2) is 0 Å². The summed E-state index contributed by atoms with van der Waals surface area (Å²) >= 11 is 5.69. The lowest BCUT2D eigenvalue weighted by atomic mass is 10.3. The summed E-state index contributed by atoms with van der Waals surface area (Å²) in [4.78, 5) is 18.3. The molecule has 1 aromatic rings. The van der Waals surface area contributed by atoms with Crippen LogP contribution >= 0.6 is 11.6 Å². The second-order valence-corrected chi connectivity index (χ2v) is 2.48. The third-order valence-electron chi connectivity index (χ3n) is 1.28. The van der Waals surface area contributed by atoms with Gasteiger partial charge in [-0.1, -0.05) is 11.6 Å². The lowest BCUT2D eigenvalue weighted by Gasteiger charge is -1.99. The van der Waals surface area contributed by atoms with Gasteiger partial charge in [-0.25, -0.2) is 9.97 Å². The van der Waals surface area contributed by atoms with E-state index < -0.39 is 0 Å². The van der Waals surface area contributed by atoms with E-state index >= 15 is 0 Å². The van der Waals surface area contributed by atoms with Gasteiger partial charge in [-0.15, -0.1) is 0 Å². The van der Waals surface area contributed by atoms with Crippen molar-refractivity contribution < 1.29 is 9.53 Å². The molecule has 1 rings (SSSR count). The van der Waals surface area contributed by atoms with Crippen LogP contribution in [0.2, 0.25) is 5.02 Å². The van der Waals surface area contributed by atoms with Gasteiger partial charge in [0, 0.05) is 6.20 Å². The van der Waals surface area contributed by atoms with E-state index in [0.717, 1.165) is 0 Å². The van der Waals surface area contributed by atoms with Crippen LogP contribution in [0, 0.1) is 0 Å². The van der Waals surface area contributed by atoms with Crippen molar-refractivity contribution in [2.45, 2.75) is 6.42 Å². The highest BCUT2D eigenvalue weighted by atomic mass is 35.5. The van der Waals surface area contributed by atoms with Crippen molar-refractivity contribution in [3.05, 3.63) is 23.2 Å². The van der Waals surface area contributed by atoms with Gasteiger partial charge in [-0.3, -0.25) is 4.79 Å². The Morgan fingerprint density at radius 1 is 1.75 bits per heavy atom. The number of esters is 1. The fourth-order valence-electron chi connectivity index (χ4n) is 0.677. The number of rotatable bonds is 2. The molecule has 0 atom stereocenters. The Labute approximate surface area is 74.5 Å². The predicted molar refractivity (Wildman–Crippen MR) is 42.8 cm³/mol. The molecule has 0 aromatic carbocycles. The minimum absolute atomic E-state index is 0.0812. The average molecular weight is 187 g/mol. The predicted octanol–water partition coefficient (Wildman–Crippen LogP) is 0.845. The van der Waals surface area contributed by atoms with E-state index in [9.17, 15) is 4.79 Å². The van der Waals surface area contributed by atoms with E-state index in [4.69, 9.17) is 11.6 Å². The second-order valence-electron chi connectivity index (χ2n) is 2.07. The van der Waals surface area contributed by atoms with Gasteiger partial charge in [-0.2, -0.15) is 0 Å². The van der Waals surface area contributed by atoms with Crippen LogP contribution in [0.3, 0.4) is 0 Å². The van der Waals surface area contributed by atoms with Gasteiger partial charge in [-0.05, 0) is 0 Å². The first-order valence-electron chi connectivity index (χ1n) is 3.25. The van der Waals surface area contributed by atoms with Crippen LogP contribution in [-0.2, 0) is 16.0 Å². The minimum atomic E-state index is -0.365. The molecular formula is C7H7ClN2O2. The zero-order chi connectivity index (χ0) is 8.97. The monoisotopic (exact) mass is 186 g/mol. The lowest BCUT2D eigenvalue weighted by molar-refractivity contribution is -0.139. The van der Waals surface area contributed by atoms with Crippen molar-refractivity contribution in [3.63, 3.8) is 0 Å². The van der Waals surface area contributed by atoms with Gasteiger partial charge in [0.2, 0.25) is 0 Å². The highest BCUT2D eigenvalue weighted by molar-refractivity contribution is 6.31. The van der Waals surface area contributed by atoms with E-state index in [0.29, 0.717) is 10.7 Å². The minimum Gasteiger partial charge on any atom is -0.469 e. The summed E-state index contributed by atoms with van der Waals surface area (Å²) in [6.07, 6.45) is 2.86. The lowest BCUT2D eigenvalue weighted by Crippen LogP contribution is -2.06. The summed E-state index contributed by atoms with van der Waals surface area (Å²) in [5, 5.41) is 0.378. The molecule has 0 aliphatic carbocycles. The number of ether oxygens (including phenoxy) is 1. The molecule has 5 heteroatoms. The molecule has 0 bridgehead atoms. The van der Waals surface area contributed by atoms with Crippen molar-refractivity contribution >= 4 is 17.6 Å². The molecule has 1 heterocycles. The first-order chi connectivity index (χ1) is 5.74. The number of methoxy groups -OCH3 is 1. The molecule has 0 aliphatic heterocycles. The molecule has 0 spiro atoms. The summed E-state index contributed by atoms with van der Waals surface area (Å²) in [6, 6.07) is 0. The largest absolute Gasteiger partial charge is 0.469 e. The SMILES string of the molecule is COC(=O)Cc1ncncc1Cl. The van der Waals surface area contributed by atoms with Crippen LogP contribution in [0.4, 0.5) is 0 Å². The topological polar surface area (TPSA) is 52.1 Å². The second kappa shape index (κ2) is 4.01. The van der Waals surface area contributed by atoms with Crippen LogP contribution in [0.1, 0.15) is 5.69 Å². The fraction of sp³-hybridized carbons (Fsp3) is 0.286. The number of halogens is 1. The van der Waals surface area contributed by atoms with Crippen molar-refractivity contribution in [2.24, 2.45) is 0 Å². The maximum absolute atomic E-state index is 10.8. The molecule has 0 saturated carbocycles. The van der Waals surface area contributed by atoms with E-state index in [1.165, 1.54) is 19.6 Å². The first kappa shape index (κ1) is 8.93. The smallest absolute Gasteiger partial charge is 0.311 e. The number of hydrogen-bond donors (Lipinski definition) is 0. The van der Waals surface area contributed by atoms with Gasteiger partial charge in [0.25, 0.3) is 0 Å². The van der Waals surface area contributed by atoms with Crippen molar-refractivity contribution in [1.29, 1.82) is 0 Å². The Morgan fingerprint density at radius 3 is 3.08 bits per heavy atom. The van der Waals surface area contributed by atoms with E-state index in [-0.39, 0.29) is 12.4 Å². The van der Waals surface area contributed by atoms with Crippen LogP contribution < -0.4 is 0 Å². The molecule has 64 valence electrons. The Hall–Kier alpha value is -1.16. The quantitative estimate of drug-likeness (QED) is 0.643. The number of aromatic nitrogens is 2. The summed E-state index contributed by atoms with van der Waals surface area (Å²) in [7, 11) is 1.32. The summed E-state index contributed by atoms with van der Waals surface area (Å²) < 4.78 is 4.45. The van der Waals surface area contributed by atoms with Gasteiger partial charge < -0.3 is 4.74 Å². The molecule has 4 nitrogen and oxygen atoms in total. The standard InChI is InChI=1S/C7H7ClN2O2/c1-12-7(11)2-6-5(8)3-9-4-10-6/h3-4H,2H2,1H3. The Morgan fingerprint density at radius 2 is 2.50 bits per heavy atom. The van der Waals surface area contributed by atoms with Gasteiger partial charge >= 0.3 is 5.97 Å². The van der Waals surface area contributed by atoms with Crippen LogP contribution in [0.5, 0.6) is 0 Å². The number of nitrogens with zero attached hydrogens (tertiary/aromatic N) is 2. The average Bonchev–Trinajstić information content (AvgIpc) is 2.09. The third-order valence-corrected chi connectivity index (χ3v) is 1.60. The normalized spacial score (nSPS) is 9.50. The molecule has 0 fully saturated rings. The Kier molecular flexibility index (Phi) is 2.99. The molecule has 1 aromatic heterocycles. The highest BCUT2D eigenvalue weighted by Crippen LogP contribution is 2.11. The molecule has 0 aliphatic rings. The highest BCUT2D eigenvalue weighted by Gasteiger charge is 2.07. The molecular weight excluding hydrogens is 180 g/mol. The zero-order valence-electron chi connectivity index (χ0n) is 6.45. The molecule has 0 unspecified atom stereocenters. The third kappa shape index (κ3) is 2.17. The number of carbonyl (C=O) groups is 1. The molecule has 0 radical (unpaired) electrons. The van der Waals surface area contributed by atoms with Crippen molar-refractivity contribution in [1.82, 2.24) is 9.97 Å². The summed E-state index contributed by atoms with van der Waals surface area (Å²) in [5.41, 5.74) is 0.485. The van der Waals surface area contributed by atoms with Crippen LogP contribution in [0.25, 0.3) is 0 Å². The Bertz CT molecular complexity index is 290. The first-order valence-corrected chi connectivity index (χ1v) is 3.63. The maximum Gasteiger partial charge on any atom is 0.311 e. The van der Waals surface area contributed by atoms with E-state index in [1.807, 2.05) is 0 Å². The van der Waals surface area contributed by atoms with E-state index in [2.05, 4.69) is 14.7 Å². The van der Waals surface area contributed by atoms with Crippen molar-refractivity contribution in [2.75, 3.05) is 7.11 Å². The van der Waals surface area contributed by atoms with E-state index in [1.54, 1.807) is 0 Å². The zero-order valence-corrected chi connectivity index (χ0v) is 7.21. The molecule has 0 amide bonds. The van der Waals surface area contributed by atoms with Gasteiger partial charge in [0.05, 0.1) is 24.2 Å². The summed E-state index contributed by atoms with van der Waals surface area (Å²) in [6.45, 7) is 0.